The van der Waals surface area contributed by atoms with Crippen molar-refractivity contribution in [3.63, 3.8) is 0 Å². The molecule has 2 saturated heterocycles. The summed E-state index contributed by atoms with van der Waals surface area (Å²) >= 11 is 0. The minimum absolute atomic E-state index is 0.0183. The van der Waals surface area contributed by atoms with E-state index in [0.29, 0.717) is 18.1 Å². The van der Waals surface area contributed by atoms with E-state index >= 15 is 0 Å². The summed E-state index contributed by atoms with van der Waals surface area (Å²) in [6, 6.07) is 0. The minimum atomic E-state index is -0.156. The Morgan fingerprint density at radius 2 is 1.71 bits per heavy atom. The molecule has 0 atom stereocenters. The molecule has 0 radical (unpaired) electrons. The van der Waals surface area contributed by atoms with Crippen LogP contribution < -0.4 is 5.32 Å². The van der Waals surface area contributed by atoms with E-state index in [1.165, 1.54) is 6.42 Å². The van der Waals surface area contributed by atoms with E-state index in [2.05, 4.69) is 15.2 Å². The number of rotatable bonds is 5. The van der Waals surface area contributed by atoms with Crippen molar-refractivity contribution < 1.29 is 14.3 Å². The fourth-order valence-electron chi connectivity index (χ4n) is 4.36. The summed E-state index contributed by atoms with van der Waals surface area (Å²) in [6.45, 7) is 7.08. The SMILES string of the molecule is O=C(NCCN1CCOCC1)c1nc(C(=O)N2CCCCC2)n2c1CCCC2. The Bertz CT molecular complexity index is 705. The van der Waals surface area contributed by atoms with Crippen molar-refractivity contribution in [1.29, 1.82) is 0 Å². The summed E-state index contributed by atoms with van der Waals surface area (Å²) in [5.74, 6) is 0.279. The molecule has 0 bridgehead atoms. The number of hydrogen-bond donors (Lipinski definition) is 1. The van der Waals surface area contributed by atoms with Crippen LogP contribution >= 0.6 is 0 Å². The van der Waals surface area contributed by atoms with Crippen molar-refractivity contribution >= 4 is 11.8 Å². The Morgan fingerprint density at radius 3 is 2.50 bits per heavy atom. The zero-order chi connectivity index (χ0) is 19.3. The number of piperidine rings is 1. The average molecular weight is 390 g/mol. The second kappa shape index (κ2) is 9.05. The van der Waals surface area contributed by atoms with Crippen LogP contribution in [0.25, 0.3) is 0 Å². The number of hydrogen-bond acceptors (Lipinski definition) is 5. The van der Waals surface area contributed by atoms with Gasteiger partial charge in [-0.3, -0.25) is 14.5 Å². The van der Waals surface area contributed by atoms with Crippen LogP contribution in [0, 0.1) is 0 Å². The molecule has 8 nitrogen and oxygen atoms in total. The van der Waals surface area contributed by atoms with Gasteiger partial charge in [0.1, 0.15) is 5.69 Å². The first-order valence-corrected chi connectivity index (χ1v) is 10.7. The van der Waals surface area contributed by atoms with Gasteiger partial charge in [0, 0.05) is 45.8 Å². The molecule has 4 rings (SSSR count). The van der Waals surface area contributed by atoms with E-state index in [9.17, 15) is 9.59 Å². The smallest absolute Gasteiger partial charge is 0.289 e. The summed E-state index contributed by atoms with van der Waals surface area (Å²) in [5, 5.41) is 3.01. The van der Waals surface area contributed by atoms with Gasteiger partial charge in [0.15, 0.2) is 5.82 Å². The zero-order valence-corrected chi connectivity index (χ0v) is 16.6. The maximum atomic E-state index is 13.0. The molecule has 28 heavy (non-hydrogen) atoms. The lowest BCUT2D eigenvalue weighted by molar-refractivity contribution is 0.0383. The molecule has 3 aliphatic rings. The summed E-state index contributed by atoms with van der Waals surface area (Å²) in [6.07, 6.45) is 6.16. The van der Waals surface area contributed by atoms with Crippen LogP contribution in [0.4, 0.5) is 0 Å². The van der Waals surface area contributed by atoms with Crippen molar-refractivity contribution in [2.45, 2.75) is 45.1 Å². The largest absolute Gasteiger partial charge is 0.379 e. The van der Waals surface area contributed by atoms with Crippen LogP contribution in [0.15, 0.2) is 0 Å². The number of morpholine rings is 1. The van der Waals surface area contributed by atoms with Gasteiger partial charge in [0.2, 0.25) is 0 Å². The number of imidazole rings is 1. The Balaban J connectivity index is 1.44. The highest BCUT2D eigenvalue weighted by molar-refractivity contribution is 5.97. The van der Waals surface area contributed by atoms with Gasteiger partial charge in [0.05, 0.1) is 18.9 Å². The monoisotopic (exact) mass is 389 g/mol. The van der Waals surface area contributed by atoms with Crippen molar-refractivity contribution in [2.24, 2.45) is 0 Å². The maximum Gasteiger partial charge on any atom is 0.289 e. The minimum Gasteiger partial charge on any atom is -0.379 e. The predicted octanol–water partition coefficient (Wildman–Crippen LogP) is 0.908. The average Bonchev–Trinajstić information content (AvgIpc) is 3.14. The molecule has 154 valence electrons. The van der Waals surface area contributed by atoms with Gasteiger partial charge in [-0.15, -0.1) is 0 Å². The molecule has 0 aromatic carbocycles. The number of carbonyl (C=O) groups excluding carboxylic acids is 2. The Kier molecular flexibility index (Phi) is 6.26. The third-order valence-corrected chi connectivity index (χ3v) is 5.98. The number of carbonyl (C=O) groups is 2. The highest BCUT2D eigenvalue weighted by Crippen LogP contribution is 2.23. The fourth-order valence-corrected chi connectivity index (χ4v) is 4.36. The molecule has 1 N–H and O–H groups in total. The molecule has 2 amide bonds. The van der Waals surface area contributed by atoms with Gasteiger partial charge in [-0.2, -0.15) is 0 Å². The fraction of sp³-hybridized carbons (Fsp3) is 0.750. The van der Waals surface area contributed by atoms with Crippen LogP contribution in [0.2, 0.25) is 0 Å². The van der Waals surface area contributed by atoms with Crippen LogP contribution in [0.1, 0.15) is 58.9 Å². The summed E-state index contributed by atoms with van der Waals surface area (Å²) < 4.78 is 7.35. The molecule has 0 saturated carbocycles. The molecular formula is C20H31N5O3. The first-order chi connectivity index (χ1) is 13.7. The van der Waals surface area contributed by atoms with E-state index in [-0.39, 0.29) is 11.8 Å². The van der Waals surface area contributed by atoms with Crippen molar-refractivity contribution in [3.8, 4) is 0 Å². The van der Waals surface area contributed by atoms with E-state index in [4.69, 9.17) is 4.74 Å². The lowest BCUT2D eigenvalue weighted by Crippen LogP contribution is -2.41. The molecule has 0 unspecified atom stereocenters. The van der Waals surface area contributed by atoms with Crippen LogP contribution in [-0.2, 0) is 17.7 Å². The third kappa shape index (κ3) is 4.22. The van der Waals surface area contributed by atoms with E-state index < -0.39 is 0 Å². The second-order valence-electron chi connectivity index (χ2n) is 7.90. The van der Waals surface area contributed by atoms with E-state index in [1.807, 2.05) is 9.47 Å². The number of fused-ring (bicyclic) bond motifs is 1. The molecule has 0 aliphatic carbocycles. The highest BCUT2D eigenvalue weighted by Gasteiger charge is 2.30. The Hall–Kier alpha value is -1.93. The van der Waals surface area contributed by atoms with E-state index in [0.717, 1.165) is 90.3 Å². The van der Waals surface area contributed by atoms with Gasteiger partial charge in [0.25, 0.3) is 11.8 Å². The lowest BCUT2D eigenvalue weighted by Gasteiger charge is -2.27. The summed E-state index contributed by atoms with van der Waals surface area (Å²) in [7, 11) is 0. The molecule has 0 spiro atoms. The van der Waals surface area contributed by atoms with Gasteiger partial charge >= 0.3 is 0 Å². The van der Waals surface area contributed by atoms with Crippen LogP contribution in [0.3, 0.4) is 0 Å². The number of ether oxygens (including phenoxy) is 1. The molecule has 2 fully saturated rings. The lowest BCUT2D eigenvalue weighted by atomic mass is 10.1. The predicted molar refractivity (Wildman–Crippen MR) is 105 cm³/mol. The first kappa shape index (κ1) is 19.4. The van der Waals surface area contributed by atoms with Crippen molar-refractivity contribution in [3.05, 3.63) is 17.2 Å². The molecule has 1 aromatic rings. The zero-order valence-electron chi connectivity index (χ0n) is 16.6. The van der Waals surface area contributed by atoms with Crippen LogP contribution in [0.5, 0.6) is 0 Å². The van der Waals surface area contributed by atoms with Gasteiger partial charge in [-0.1, -0.05) is 0 Å². The second-order valence-corrected chi connectivity index (χ2v) is 7.90. The normalized spacial score (nSPS) is 20.6. The van der Waals surface area contributed by atoms with Crippen LogP contribution in [-0.4, -0.2) is 83.6 Å². The molecular weight excluding hydrogens is 358 g/mol. The maximum absolute atomic E-state index is 13.0. The Morgan fingerprint density at radius 1 is 0.964 bits per heavy atom. The topological polar surface area (TPSA) is 79.7 Å². The Labute approximate surface area is 166 Å². The van der Waals surface area contributed by atoms with Gasteiger partial charge in [-0.05, 0) is 38.5 Å². The molecule has 1 aromatic heterocycles. The molecule has 4 heterocycles. The number of amides is 2. The summed E-state index contributed by atoms with van der Waals surface area (Å²) in [5.41, 5.74) is 1.37. The number of nitrogens with one attached hydrogen (secondary N) is 1. The quantitative estimate of drug-likeness (QED) is 0.810. The van der Waals surface area contributed by atoms with Gasteiger partial charge < -0.3 is 19.5 Å². The van der Waals surface area contributed by atoms with E-state index in [1.54, 1.807) is 0 Å². The number of aromatic nitrogens is 2. The van der Waals surface area contributed by atoms with Crippen molar-refractivity contribution in [1.82, 2.24) is 24.7 Å². The number of nitrogens with zero attached hydrogens (tertiary/aromatic N) is 4. The highest BCUT2D eigenvalue weighted by atomic mass is 16.5. The molecule has 3 aliphatic heterocycles. The summed E-state index contributed by atoms with van der Waals surface area (Å²) in [4.78, 5) is 34.6. The first-order valence-electron chi connectivity index (χ1n) is 10.7. The van der Waals surface area contributed by atoms with Gasteiger partial charge in [-0.25, -0.2) is 4.98 Å². The molecule has 8 heteroatoms. The third-order valence-electron chi connectivity index (χ3n) is 5.98. The number of likely N-dealkylation sites (tertiary alicyclic amines) is 1. The van der Waals surface area contributed by atoms with Crippen molar-refractivity contribution in [2.75, 3.05) is 52.5 Å². The standard InChI is InChI=1S/C20H31N5O3/c26-19(21-7-11-23-12-14-28-15-13-23)17-16-6-2-5-10-25(16)18(22-17)20(27)24-8-3-1-4-9-24/h1-15H2,(H,21,26).